The maximum Gasteiger partial charge on any atom is 0.348 e. The van der Waals surface area contributed by atoms with Crippen molar-refractivity contribution in [3.8, 4) is 11.3 Å². The Kier molecular flexibility index (Phi) is 5.05. The third kappa shape index (κ3) is 3.53. The van der Waals surface area contributed by atoms with Crippen molar-refractivity contribution in [2.45, 2.75) is 39.2 Å². The molecule has 0 saturated heterocycles. The number of rotatable bonds is 4. The maximum atomic E-state index is 13.4. The summed E-state index contributed by atoms with van der Waals surface area (Å²) in [6.07, 6.45) is 8.63. The minimum Gasteiger partial charge on any atom is -0.465 e. The number of esters is 1. The van der Waals surface area contributed by atoms with Gasteiger partial charge in [-0.3, -0.25) is 0 Å². The van der Waals surface area contributed by atoms with Crippen LogP contribution in [-0.2, 0) is 17.7 Å². The number of halogens is 1. The van der Waals surface area contributed by atoms with Gasteiger partial charge >= 0.3 is 5.97 Å². The Morgan fingerprint density at radius 2 is 2.10 bits per heavy atom. The molecule has 2 aromatic heterocycles. The molecule has 0 amide bonds. The molecule has 0 bridgehead atoms. The molecule has 1 aromatic carbocycles. The number of allylic oxidation sites excluding steroid dienone is 1. The van der Waals surface area contributed by atoms with Crippen molar-refractivity contribution in [3.63, 3.8) is 0 Å². The number of aromatic nitrogens is 2. The van der Waals surface area contributed by atoms with E-state index >= 15 is 0 Å². The molecule has 0 N–H and O–H groups in total. The number of ether oxygens (including phenoxy) is 1. The van der Waals surface area contributed by atoms with Gasteiger partial charge in [0.05, 0.1) is 24.8 Å². The van der Waals surface area contributed by atoms with Gasteiger partial charge in [-0.05, 0) is 74.1 Å². The highest BCUT2D eigenvalue weighted by Gasteiger charge is 2.43. The molecule has 6 heteroatoms. The van der Waals surface area contributed by atoms with Crippen LogP contribution in [-0.4, -0.2) is 22.6 Å². The molecule has 5 rings (SSSR count). The molecular formula is C25H25FN2O2S. The lowest BCUT2D eigenvalue weighted by Crippen LogP contribution is -2.40. The first kappa shape index (κ1) is 20.2. The van der Waals surface area contributed by atoms with Gasteiger partial charge in [0.2, 0.25) is 0 Å². The average molecular weight is 437 g/mol. The summed E-state index contributed by atoms with van der Waals surface area (Å²) >= 11 is 1.54. The highest BCUT2D eigenvalue weighted by atomic mass is 32.1. The fourth-order valence-electron chi connectivity index (χ4n) is 5.16. The van der Waals surface area contributed by atoms with Gasteiger partial charge in [0.15, 0.2) is 0 Å². The monoisotopic (exact) mass is 436 g/mol. The molecule has 1 aliphatic heterocycles. The normalized spacial score (nSPS) is 22.4. The standard InChI is InChI=1S/C25H25FN2O2S/c1-25-14-28-15-27-23(16-6-8-19(26)9-7-16)21(28)13-18(25)5-3-4-17(25)12-20-10-11-22(31-20)24(29)30-2/h6-11,13,15,17H,3-5,12,14H2,1-2H3/t17-,25-/m1/s1. The van der Waals surface area contributed by atoms with E-state index in [1.165, 1.54) is 42.5 Å². The van der Waals surface area contributed by atoms with E-state index < -0.39 is 0 Å². The molecule has 3 aromatic rings. The molecule has 160 valence electrons. The summed E-state index contributed by atoms with van der Waals surface area (Å²) < 4.78 is 20.5. The number of hydrogen-bond acceptors (Lipinski definition) is 4. The van der Waals surface area contributed by atoms with Crippen LogP contribution in [0, 0.1) is 17.2 Å². The van der Waals surface area contributed by atoms with E-state index in [4.69, 9.17) is 4.74 Å². The van der Waals surface area contributed by atoms with Crippen LogP contribution in [0.15, 0.2) is 48.3 Å². The van der Waals surface area contributed by atoms with Gasteiger partial charge in [0, 0.05) is 22.4 Å². The Balaban J connectivity index is 1.44. The zero-order valence-electron chi connectivity index (χ0n) is 17.7. The number of imidazole rings is 1. The summed E-state index contributed by atoms with van der Waals surface area (Å²) in [5, 5.41) is 0. The predicted molar refractivity (Wildman–Crippen MR) is 120 cm³/mol. The smallest absolute Gasteiger partial charge is 0.348 e. The Bertz CT molecular complexity index is 1160. The number of methoxy groups -OCH3 is 1. The lowest BCUT2D eigenvalue weighted by molar-refractivity contribution is 0.0606. The van der Waals surface area contributed by atoms with Crippen molar-refractivity contribution < 1.29 is 13.9 Å². The summed E-state index contributed by atoms with van der Waals surface area (Å²) in [6, 6.07) is 10.5. The van der Waals surface area contributed by atoms with Crippen LogP contribution >= 0.6 is 11.3 Å². The van der Waals surface area contributed by atoms with Crippen molar-refractivity contribution in [1.29, 1.82) is 0 Å². The van der Waals surface area contributed by atoms with Crippen LogP contribution < -0.4 is 0 Å². The molecule has 0 spiro atoms. The van der Waals surface area contributed by atoms with Crippen molar-refractivity contribution in [2.75, 3.05) is 7.11 Å². The zero-order chi connectivity index (χ0) is 21.6. The third-order valence-corrected chi connectivity index (χ3v) is 8.02. The molecule has 1 fully saturated rings. The number of carbonyl (C=O) groups excluding carboxylic acids is 1. The van der Waals surface area contributed by atoms with E-state index in [0.717, 1.165) is 36.3 Å². The first-order valence-corrected chi connectivity index (χ1v) is 11.5. The molecule has 31 heavy (non-hydrogen) atoms. The summed E-state index contributed by atoms with van der Waals surface area (Å²) in [5.74, 6) is 0.00372. The molecule has 0 radical (unpaired) electrons. The van der Waals surface area contributed by atoms with Gasteiger partial charge < -0.3 is 9.30 Å². The van der Waals surface area contributed by atoms with Gasteiger partial charge in [-0.2, -0.15) is 0 Å². The highest BCUT2D eigenvalue weighted by Crippen LogP contribution is 2.51. The quantitative estimate of drug-likeness (QED) is 0.472. The Morgan fingerprint density at radius 3 is 2.87 bits per heavy atom. The van der Waals surface area contributed by atoms with E-state index in [2.05, 4.69) is 28.6 Å². The minimum atomic E-state index is -0.263. The van der Waals surface area contributed by atoms with Crippen LogP contribution in [0.1, 0.15) is 46.4 Å². The molecule has 1 aliphatic carbocycles. The Hall–Kier alpha value is -2.73. The van der Waals surface area contributed by atoms with Crippen molar-refractivity contribution in [1.82, 2.24) is 9.55 Å². The van der Waals surface area contributed by atoms with Gasteiger partial charge in [0.25, 0.3) is 0 Å². The van der Waals surface area contributed by atoms with Crippen molar-refractivity contribution in [2.24, 2.45) is 11.3 Å². The van der Waals surface area contributed by atoms with E-state index in [1.54, 1.807) is 23.5 Å². The van der Waals surface area contributed by atoms with E-state index in [0.29, 0.717) is 10.8 Å². The number of nitrogens with zero attached hydrogens (tertiary/aromatic N) is 2. The van der Waals surface area contributed by atoms with Crippen LogP contribution in [0.25, 0.3) is 17.3 Å². The fourth-order valence-corrected chi connectivity index (χ4v) is 6.16. The number of hydrogen-bond donors (Lipinski definition) is 0. The Morgan fingerprint density at radius 1 is 1.29 bits per heavy atom. The van der Waals surface area contributed by atoms with Gasteiger partial charge in [-0.25, -0.2) is 14.2 Å². The van der Waals surface area contributed by atoms with Crippen LogP contribution in [0.3, 0.4) is 0 Å². The Labute approximate surface area is 185 Å². The molecule has 0 unspecified atom stereocenters. The van der Waals surface area contributed by atoms with Crippen LogP contribution in [0.5, 0.6) is 0 Å². The molecule has 2 aliphatic rings. The molecular weight excluding hydrogens is 411 g/mol. The number of fused-ring (bicyclic) bond motifs is 2. The summed E-state index contributed by atoms with van der Waals surface area (Å²) in [5.41, 5.74) is 4.50. The lowest BCUT2D eigenvalue weighted by Gasteiger charge is -2.46. The molecule has 3 heterocycles. The highest BCUT2D eigenvalue weighted by molar-refractivity contribution is 7.13. The van der Waals surface area contributed by atoms with E-state index in [1.807, 2.05) is 12.4 Å². The number of benzene rings is 1. The summed E-state index contributed by atoms with van der Waals surface area (Å²) in [7, 11) is 1.42. The second-order valence-corrected chi connectivity index (χ2v) is 9.92. The third-order valence-electron chi connectivity index (χ3n) is 6.93. The molecule has 1 saturated carbocycles. The predicted octanol–water partition coefficient (Wildman–Crippen LogP) is 5.98. The van der Waals surface area contributed by atoms with E-state index in [9.17, 15) is 9.18 Å². The average Bonchev–Trinajstić information content (AvgIpc) is 3.39. The van der Waals surface area contributed by atoms with E-state index in [-0.39, 0.29) is 17.2 Å². The zero-order valence-corrected chi connectivity index (χ0v) is 18.5. The molecule has 4 nitrogen and oxygen atoms in total. The first-order valence-electron chi connectivity index (χ1n) is 10.7. The van der Waals surface area contributed by atoms with Crippen molar-refractivity contribution in [3.05, 3.63) is 69.6 Å². The SMILES string of the molecule is COC(=O)c1ccc(C[C@H]2CCCC3=Cc4c(-c5ccc(F)cc5)ncn4C[C@@]32C)s1. The lowest BCUT2D eigenvalue weighted by atomic mass is 9.62. The first-order chi connectivity index (χ1) is 15.0. The van der Waals surface area contributed by atoms with Crippen molar-refractivity contribution >= 4 is 23.4 Å². The van der Waals surface area contributed by atoms with Gasteiger partial charge in [0.1, 0.15) is 10.7 Å². The second-order valence-electron chi connectivity index (χ2n) is 8.75. The topological polar surface area (TPSA) is 44.1 Å². The largest absolute Gasteiger partial charge is 0.465 e. The van der Waals surface area contributed by atoms with Crippen LogP contribution in [0.2, 0.25) is 0 Å². The van der Waals surface area contributed by atoms with Gasteiger partial charge in [-0.1, -0.05) is 12.5 Å². The minimum absolute atomic E-state index is 0.0570. The fraction of sp³-hybridized carbons (Fsp3) is 0.360. The second kappa shape index (κ2) is 7.75. The van der Waals surface area contributed by atoms with Crippen LogP contribution in [0.4, 0.5) is 4.39 Å². The molecule has 2 atom stereocenters. The maximum absolute atomic E-state index is 13.4. The summed E-state index contributed by atoms with van der Waals surface area (Å²) in [4.78, 5) is 18.4. The number of thiophene rings is 1. The summed E-state index contributed by atoms with van der Waals surface area (Å²) in [6.45, 7) is 3.26. The number of carbonyl (C=O) groups is 1. The van der Waals surface area contributed by atoms with Gasteiger partial charge in [-0.15, -0.1) is 11.3 Å².